The minimum atomic E-state index is 0.222. The number of hydrogen-bond acceptors (Lipinski definition) is 2. The van der Waals surface area contributed by atoms with Crippen LogP contribution < -0.4 is 5.32 Å². The van der Waals surface area contributed by atoms with E-state index in [9.17, 15) is 0 Å². The summed E-state index contributed by atoms with van der Waals surface area (Å²) in [5, 5.41) is 3.42. The van der Waals surface area contributed by atoms with Crippen molar-refractivity contribution in [2.45, 2.75) is 19.9 Å². The fourth-order valence-corrected chi connectivity index (χ4v) is 4.75. The number of nitrogens with one attached hydrogen (secondary N) is 1. The van der Waals surface area contributed by atoms with Crippen LogP contribution in [0.3, 0.4) is 0 Å². The lowest BCUT2D eigenvalue weighted by Crippen LogP contribution is -2.17. The van der Waals surface area contributed by atoms with Gasteiger partial charge in [-0.2, -0.15) is 0 Å². The molecule has 1 atom stereocenters. The van der Waals surface area contributed by atoms with Gasteiger partial charge in [-0.3, -0.25) is 0 Å². The third-order valence-corrected chi connectivity index (χ3v) is 7.27. The molecule has 0 saturated heterocycles. The predicted octanol–water partition coefficient (Wildman–Crippen LogP) is 5.96. The van der Waals surface area contributed by atoms with Gasteiger partial charge in [-0.25, -0.2) is 0 Å². The lowest BCUT2D eigenvalue weighted by atomic mass is 9.98. The van der Waals surface area contributed by atoms with Crippen molar-refractivity contribution in [1.82, 2.24) is 5.32 Å². The highest BCUT2D eigenvalue weighted by Crippen LogP contribution is 2.38. The van der Waals surface area contributed by atoms with Crippen molar-refractivity contribution in [3.63, 3.8) is 0 Å². The molecule has 2 rings (SSSR count). The van der Waals surface area contributed by atoms with E-state index in [-0.39, 0.29) is 6.04 Å². The largest absolute Gasteiger partial charge is 0.309 e. The van der Waals surface area contributed by atoms with Crippen LogP contribution in [0, 0.1) is 13.8 Å². The summed E-state index contributed by atoms with van der Waals surface area (Å²) < 4.78 is 3.41. The van der Waals surface area contributed by atoms with Crippen LogP contribution >= 0.6 is 59.1 Å². The molecule has 0 fully saturated rings. The van der Waals surface area contributed by atoms with Gasteiger partial charge in [0.1, 0.15) is 0 Å². The molecule has 1 N–H and O–H groups in total. The average Bonchev–Trinajstić information content (AvgIpc) is 2.67. The van der Waals surface area contributed by atoms with Crippen LogP contribution in [0.5, 0.6) is 0 Å². The number of hydrogen-bond donors (Lipinski definition) is 1. The average molecular weight is 468 g/mol. The summed E-state index contributed by atoms with van der Waals surface area (Å²) in [7, 11) is 2.00. The number of thiophene rings is 1. The molecule has 1 aromatic carbocycles. The van der Waals surface area contributed by atoms with Crippen molar-refractivity contribution in [3.8, 4) is 0 Å². The zero-order valence-electron chi connectivity index (χ0n) is 10.9. The normalized spacial score (nSPS) is 12.7. The Bertz CT molecular complexity index is 587. The van der Waals surface area contributed by atoms with Crippen LogP contribution in [0.25, 0.3) is 0 Å². The van der Waals surface area contributed by atoms with E-state index in [0.717, 1.165) is 12.7 Å². The molecule has 2 aromatic rings. The van der Waals surface area contributed by atoms with E-state index in [1.165, 1.54) is 21.6 Å². The highest BCUT2D eigenvalue weighted by Gasteiger charge is 2.18. The predicted molar refractivity (Wildman–Crippen MR) is 94.2 cm³/mol. The molecular weight excluding hydrogens is 454 g/mol. The van der Waals surface area contributed by atoms with Crippen molar-refractivity contribution in [1.29, 1.82) is 0 Å². The van der Waals surface area contributed by atoms with Crippen molar-refractivity contribution in [2.24, 2.45) is 0 Å². The second kappa shape index (κ2) is 6.39. The lowest BCUT2D eigenvalue weighted by molar-refractivity contribution is 0.698. The summed E-state index contributed by atoms with van der Waals surface area (Å²) in [5.74, 6) is 0. The van der Waals surface area contributed by atoms with E-state index in [0.29, 0.717) is 0 Å². The Morgan fingerprint density at radius 3 is 2.21 bits per heavy atom. The molecule has 0 aliphatic rings. The van der Waals surface area contributed by atoms with Gasteiger partial charge in [-0.05, 0) is 81.6 Å². The minimum Gasteiger partial charge on any atom is -0.309 e. The van der Waals surface area contributed by atoms with Crippen LogP contribution in [-0.2, 0) is 0 Å². The SMILES string of the molecule is CNC(c1cc(Br)c(Br)s1)c1cc(C)c(Br)cc1C. The standard InChI is InChI=1S/C14H14Br3NS/c1-7-5-10(15)8(2)4-9(7)13(18-3)12-6-11(16)14(17)19-12/h4-6,13,18H,1-3H3. The van der Waals surface area contributed by atoms with Crippen LogP contribution in [0.1, 0.15) is 27.6 Å². The van der Waals surface area contributed by atoms with Crippen LogP contribution in [-0.4, -0.2) is 7.05 Å². The molecule has 1 aromatic heterocycles. The Labute approximate surface area is 143 Å². The second-order valence-electron chi connectivity index (χ2n) is 4.45. The zero-order chi connectivity index (χ0) is 14.2. The third kappa shape index (κ3) is 3.32. The highest BCUT2D eigenvalue weighted by atomic mass is 79.9. The maximum Gasteiger partial charge on any atom is 0.0843 e. The molecule has 0 aliphatic carbocycles. The van der Waals surface area contributed by atoms with E-state index in [1.807, 2.05) is 7.05 Å². The first-order valence-electron chi connectivity index (χ1n) is 5.82. The first-order valence-corrected chi connectivity index (χ1v) is 9.02. The summed E-state index contributed by atoms with van der Waals surface area (Å²) in [6.45, 7) is 4.28. The Hall–Kier alpha value is 0.320. The third-order valence-electron chi connectivity index (χ3n) is 3.10. The maximum absolute atomic E-state index is 3.59. The molecule has 102 valence electrons. The van der Waals surface area contributed by atoms with E-state index < -0.39 is 0 Å². The monoisotopic (exact) mass is 465 g/mol. The molecule has 0 amide bonds. The Kier molecular flexibility index (Phi) is 5.28. The molecule has 1 unspecified atom stereocenters. The minimum absolute atomic E-state index is 0.222. The number of halogens is 3. The van der Waals surface area contributed by atoms with Crippen molar-refractivity contribution >= 4 is 59.1 Å². The molecule has 0 aliphatic heterocycles. The smallest absolute Gasteiger partial charge is 0.0843 e. The van der Waals surface area contributed by atoms with Crippen molar-refractivity contribution in [3.05, 3.63) is 52.5 Å². The molecular formula is C14H14Br3NS. The molecule has 0 saturated carbocycles. The summed E-state index contributed by atoms with van der Waals surface area (Å²) in [4.78, 5) is 1.30. The molecule has 0 spiro atoms. The van der Waals surface area contributed by atoms with Gasteiger partial charge in [0.05, 0.1) is 9.83 Å². The van der Waals surface area contributed by atoms with Gasteiger partial charge in [0.15, 0.2) is 0 Å². The van der Waals surface area contributed by atoms with Gasteiger partial charge < -0.3 is 5.32 Å². The zero-order valence-corrected chi connectivity index (χ0v) is 16.4. The molecule has 19 heavy (non-hydrogen) atoms. The molecule has 5 heteroatoms. The fourth-order valence-electron chi connectivity index (χ4n) is 2.07. The van der Waals surface area contributed by atoms with Gasteiger partial charge in [0.2, 0.25) is 0 Å². The van der Waals surface area contributed by atoms with Gasteiger partial charge in [0.25, 0.3) is 0 Å². The highest BCUT2D eigenvalue weighted by molar-refractivity contribution is 9.13. The Morgan fingerprint density at radius 1 is 1.00 bits per heavy atom. The Morgan fingerprint density at radius 2 is 1.68 bits per heavy atom. The number of aryl methyl sites for hydroxylation is 2. The quantitative estimate of drug-likeness (QED) is 0.587. The summed E-state index contributed by atoms with van der Waals surface area (Å²) >= 11 is 12.5. The first-order chi connectivity index (χ1) is 8.93. The fraction of sp³-hybridized carbons (Fsp3) is 0.286. The van der Waals surface area contributed by atoms with Gasteiger partial charge in [0, 0.05) is 13.8 Å². The molecule has 0 radical (unpaired) electrons. The van der Waals surface area contributed by atoms with Crippen LogP contribution in [0.4, 0.5) is 0 Å². The lowest BCUT2D eigenvalue weighted by Gasteiger charge is -2.19. The second-order valence-corrected chi connectivity index (χ2v) is 8.56. The first kappa shape index (κ1) is 15.7. The van der Waals surface area contributed by atoms with Gasteiger partial charge >= 0.3 is 0 Å². The number of rotatable bonds is 3. The van der Waals surface area contributed by atoms with E-state index in [2.05, 4.69) is 85.2 Å². The van der Waals surface area contributed by atoms with Crippen LogP contribution in [0.2, 0.25) is 0 Å². The number of benzene rings is 1. The Balaban J connectivity index is 2.50. The van der Waals surface area contributed by atoms with E-state index >= 15 is 0 Å². The van der Waals surface area contributed by atoms with Gasteiger partial charge in [-0.1, -0.05) is 22.0 Å². The van der Waals surface area contributed by atoms with E-state index in [1.54, 1.807) is 11.3 Å². The molecule has 0 bridgehead atoms. The topological polar surface area (TPSA) is 12.0 Å². The van der Waals surface area contributed by atoms with Crippen molar-refractivity contribution in [2.75, 3.05) is 7.05 Å². The molecule has 1 heterocycles. The van der Waals surface area contributed by atoms with Crippen molar-refractivity contribution < 1.29 is 0 Å². The summed E-state index contributed by atoms with van der Waals surface area (Å²) in [6.07, 6.45) is 0. The molecule has 1 nitrogen and oxygen atoms in total. The maximum atomic E-state index is 3.59. The van der Waals surface area contributed by atoms with Gasteiger partial charge in [-0.15, -0.1) is 11.3 Å². The summed E-state index contributed by atoms with van der Waals surface area (Å²) in [6, 6.07) is 6.83. The van der Waals surface area contributed by atoms with E-state index in [4.69, 9.17) is 0 Å². The van der Waals surface area contributed by atoms with Crippen LogP contribution in [0.15, 0.2) is 30.9 Å². The summed E-state index contributed by atoms with van der Waals surface area (Å²) in [5.41, 5.74) is 3.87.